The maximum absolute atomic E-state index is 11.4. The van der Waals surface area contributed by atoms with E-state index in [9.17, 15) is 4.79 Å². The second kappa shape index (κ2) is 6.22. The highest BCUT2D eigenvalue weighted by Gasteiger charge is 2.03. The summed E-state index contributed by atoms with van der Waals surface area (Å²) in [7, 11) is 0. The fraction of sp³-hybridized carbons (Fsp3) is 0.545. The van der Waals surface area contributed by atoms with Crippen molar-refractivity contribution in [2.75, 3.05) is 5.32 Å². The molecular formula is C11H18N3O. The summed E-state index contributed by atoms with van der Waals surface area (Å²) in [5.41, 5.74) is 0. The highest BCUT2D eigenvalue weighted by molar-refractivity contribution is 5.89. The van der Waals surface area contributed by atoms with Crippen molar-refractivity contribution in [2.45, 2.75) is 39.2 Å². The summed E-state index contributed by atoms with van der Waals surface area (Å²) in [4.78, 5) is 15.5. The van der Waals surface area contributed by atoms with Gasteiger partial charge in [0.05, 0.1) is 6.33 Å². The summed E-state index contributed by atoms with van der Waals surface area (Å²) >= 11 is 0. The summed E-state index contributed by atoms with van der Waals surface area (Å²) in [5.74, 6) is 0.651. The van der Waals surface area contributed by atoms with E-state index >= 15 is 0 Å². The van der Waals surface area contributed by atoms with E-state index in [1.165, 1.54) is 0 Å². The van der Waals surface area contributed by atoms with E-state index in [2.05, 4.69) is 24.1 Å². The van der Waals surface area contributed by atoms with Crippen LogP contribution in [0.25, 0.3) is 0 Å². The van der Waals surface area contributed by atoms with Crippen LogP contribution in [0.1, 0.15) is 32.6 Å². The topological polar surface area (TPSA) is 46.9 Å². The van der Waals surface area contributed by atoms with Gasteiger partial charge in [-0.05, 0) is 13.3 Å². The van der Waals surface area contributed by atoms with Crippen LogP contribution in [0, 0.1) is 6.92 Å². The highest BCUT2D eigenvalue weighted by atomic mass is 16.1. The van der Waals surface area contributed by atoms with Gasteiger partial charge in [0.25, 0.3) is 0 Å². The molecule has 0 saturated heterocycles. The predicted molar refractivity (Wildman–Crippen MR) is 60.4 cm³/mol. The largest absolute Gasteiger partial charge is 0.335 e. The molecule has 0 aliphatic rings. The van der Waals surface area contributed by atoms with E-state index in [0.29, 0.717) is 18.8 Å². The van der Waals surface area contributed by atoms with Crippen LogP contribution < -0.4 is 5.32 Å². The number of nitrogens with zero attached hydrogens (tertiary/aromatic N) is 2. The molecule has 1 radical (unpaired) electrons. The first-order chi connectivity index (χ1) is 7.26. The van der Waals surface area contributed by atoms with Gasteiger partial charge in [0.2, 0.25) is 5.91 Å². The minimum absolute atomic E-state index is 0.0396. The molecule has 0 aliphatic heterocycles. The smallest absolute Gasteiger partial charge is 0.225 e. The van der Waals surface area contributed by atoms with Gasteiger partial charge in [0.1, 0.15) is 0 Å². The Balaban J connectivity index is 2.31. The summed E-state index contributed by atoms with van der Waals surface area (Å²) < 4.78 is 1.82. The van der Waals surface area contributed by atoms with E-state index in [0.717, 1.165) is 19.3 Å². The standard InChI is InChI=1S/C11H18N3O/c1-3-5-6-7-11(15)13-10-8-14(4-2)9-12-10/h8-9H,2-7H2,1H3,(H,13,15). The number of carbonyl (C=O) groups is 1. The number of amides is 1. The fourth-order valence-corrected chi connectivity index (χ4v) is 1.29. The number of carbonyl (C=O) groups excluding carboxylic acids is 1. The molecule has 0 aliphatic carbocycles. The molecular weight excluding hydrogens is 190 g/mol. The number of anilines is 1. The summed E-state index contributed by atoms with van der Waals surface area (Å²) in [6.45, 7) is 6.46. The number of aromatic nitrogens is 2. The van der Waals surface area contributed by atoms with Crippen LogP contribution in [0.2, 0.25) is 0 Å². The Labute approximate surface area is 90.7 Å². The van der Waals surface area contributed by atoms with Crippen molar-refractivity contribution in [2.24, 2.45) is 0 Å². The van der Waals surface area contributed by atoms with Gasteiger partial charge in [0.15, 0.2) is 5.82 Å². The lowest BCUT2D eigenvalue weighted by atomic mass is 10.2. The van der Waals surface area contributed by atoms with Crippen LogP contribution in [-0.2, 0) is 11.3 Å². The van der Waals surface area contributed by atoms with E-state index < -0.39 is 0 Å². The molecule has 0 fully saturated rings. The molecule has 15 heavy (non-hydrogen) atoms. The van der Waals surface area contributed by atoms with Gasteiger partial charge >= 0.3 is 0 Å². The maximum atomic E-state index is 11.4. The van der Waals surface area contributed by atoms with Crippen molar-refractivity contribution in [1.29, 1.82) is 0 Å². The zero-order valence-corrected chi connectivity index (χ0v) is 9.20. The van der Waals surface area contributed by atoms with Crippen LogP contribution >= 0.6 is 0 Å². The lowest BCUT2D eigenvalue weighted by molar-refractivity contribution is -0.116. The average Bonchev–Trinajstić information content (AvgIpc) is 2.66. The van der Waals surface area contributed by atoms with E-state index in [4.69, 9.17) is 0 Å². The quantitative estimate of drug-likeness (QED) is 0.729. The van der Waals surface area contributed by atoms with Crippen molar-refractivity contribution in [1.82, 2.24) is 9.55 Å². The molecule has 0 saturated carbocycles. The fourth-order valence-electron chi connectivity index (χ4n) is 1.29. The van der Waals surface area contributed by atoms with Gasteiger partial charge in [-0.15, -0.1) is 0 Å². The number of hydrogen-bond donors (Lipinski definition) is 1. The first-order valence-electron chi connectivity index (χ1n) is 5.37. The van der Waals surface area contributed by atoms with Gasteiger partial charge in [-0.1, -0.05) is 19.8 Å². The minimum atomic E-state index is 0.0396. The zero-order chi connectivity index (χ0) is 11.1. The molecule has 1 rings (SSSR count). The third-order valence-electron chi connectivity index (χ3n) is 2.17. The Morgan fingerprint density at radius 1 is 1.60 bits per heavy atom. The number of hydrogen-bond acceptors (Lipinski definition) is 2. The number of unbranched alkanes of at least 4 members (excludes halogenated alkanes) is 2. The normalized spacial score (nSPS) is 10.3. The molecule has 0 bridgehead atoms. The van der Waals surface area contributed by atoms with Crippen molar-refractivity contribution in [3.05, 3.63) is 19.4 Å². The van der Waals surface area contributed by atoms with Crippen molar-refractivity contribution < 1.29 is 4.79 Å². The lowest BCUT2D eigenvalue weighted by Gasteiger charge is -2.00. The monoisotopic (exact) mass is 208 g/mol. The third-order valence-corrected chi connectivity index (χ3v) is 2.17. The summed E-state index contributed by atoms with van der Waals surface area (Å²) in [6.07, 6.45) is 7.19. The second-order valence-electron chi connectivity index (χ2n) is 3.50. The Morgan fingerprint density at radius 2 is 2.40 bits per heavy atom. The Hall–Kier alpha value is -1.32. The van der Waals surface area contributed by atoms with Crippen LogP contribution in [0.3, 0.4) is 0 Å². The lowest BCUT2D eigenvalue weighted by Crippen LogP contribution is -2.11. The van der Waals surface area contributed by atoms with Gasteiger partial charge < -0.3 is 9.88 Å². The molecule has 0 spiro atoms. The predicted octanol–water partition coefficient (Wildman–Crippen LogP) is 2.24. The minimum Gasteiger partial charge on any atom is -0.335 e. The van der Waals surface area contributed by atoms with E-state index in [1.807, 2.05) is 4.57 Å². The van der Waals surface area contributed by atoms with Crippen molar-refractivity contribution in [3.8, 4) is 0 Å². The van der Waals surface area contributed by atoms with Gasteiger partial charge in [-0.3, -0.25) is 4.79 Å². The molecule has 1 aromatic rings. The summed E-state index contributed by atoms with van der Waals surface area (Å²) in [5, 5.41) is 2.76. The van der Waals surface area contributed by atoms with Gasteiger partial charge in [-0.2, -0.15) is 0 Å². The van der Waals surface area contributed by atoms with E-state index in [-0.39, 0.29) is 5.91 Å². The zero-order valence-electron chi connectivity index (χ0n) is 9.20. The van der Waals surface area contributed by atoms with Crippen LogP contribution in [0.5, 0.6) is 0 Å². The van der Waals surface area contributed by atoms with Gasteiger partial charge in [0, 0.05) is 19.2 Å². The van der Waals surface area contributed by atoms with Crippen molar-refractivity contribution in [3.63, 3.8) is 0 Å². The highest BCUT2D eigenvalue weighted by Crippen LogP contribution is 2.05. The van der Waals surface area contributed by atoms with Crippen molar-refractivity contribution >= 4 is 11.7 Å². The molecule has 0 atom stereocenters. The SMILES string of the molecule is [CH2]Cn1cnc(NC(=O)CCCCC)c1. The van der Waals surface area contributed by atoms with Crippen LogP contribution in [-0.4, -0.2) is 15.5 Å². The van der Waals surface area contributed by atoms with Crippen LogP contribution in [0.4, 0.5) is 5.82 Å². The average molecular weight is 208 g/mol. The number of nitrogens with one attached hydrogen (secondary N) is 1. The van der Waals surface area contributed by atoms with Crippen LogP contribution in [0.15, 0.2) is 12.5 Å². The third kappa shape index (κ3) is 4.14. The summed E-state index contributed by atoms with van der Waals surface area (Å²) in [6, 6.07) is 0. The molecule has 1 heterocycles. The van der Waals surface area contributed by atoms with Gasteiger partial charge in [-0.25, -0.2) is 4.98 Å². The number of rotatable bonds is 6. The molecule has 1 aromatic heterocycles. The Morgan fingerprint density at radius 3 is 3.00 bits per heavy atom. The second-order valence-corrected chi connectivity index (χ2v) is 3.50. The first-order valence-corrected chi connectivity index (χ1v) is 5.37. The molecule has 1 N–H and O–H groups in total. The molecule has 0 unspecified atom stereocenters. The molecule has 0 aromatic carbocycles. The Bertz CT molecular complexity index is 307. The van der Waals surface area contributed by atoms with E-state index in [1.54, 1.807) is 12.5 Å². The first kappa shape index (κ1) is 11.8. The Kier molecular flexibility index (Phi) is 4.87. The molecule has 1 amide bonds. The maximum Gasteiger partial charge on any atom is 0.225 e. The molecule has 4 heteroatoms. The molecule has 83 valence electrons. The number of imidazole rings is 1. The molecule has 4 nitrogen and oxygen atoms in total.